The number of ether oxygens (including phenoxy) is 2. The summed E-state index contributed by atoms with van der Waals surface area (Å²) >= 11 is 5.45. The summed E-state index contributed by atoms with van der Waals surface area (Å²) in [4.78, 5) is 33.8. The van der Waals surface area contributed by atoms with E-state index >= 15 is 0 Å². The van der Waals surface area contributed by atoms with Gasteiger partial charge < -0.3 is 19.7 Å². The highest BCUT2D eigenvalue weighted by atomic mass is 32.1. The van der Waals surface area contributed by atoms with Crippen molar-refractivity contribution in [3.05, 3.63) is 71.5 Å². The Balaban J connectivity index is 1.44. The summed E-state index contributed by atoms with van der Waals surface area (Å²) in [6.45, 7) is 1.91. The molecule has 0 bridgehead atoms. The smallest absolute Gasteiger partial charge is 0.261 e. The van der Waals surface area contributed by atoms with Gasteiger partial charge in [0, 0.05) is 55.3 Å². The molecule has 9 heteroatoms. The Morgan fingerprint density at radius 1 is 1.06 bits per heavy atom. The monoisotopic (exact) mass is 478 g/mol. The van der Waals surface area contributed by atoms with Crippen molar-refractivity contribution in [2.24, 2.45) is 0 Å². The largest absolute Gasteiger partial charge is 0.491 e. The molecule has 2 aromatic carbocycles. The van der Waals surface area contributed by atoms with Gasteiger partial charge in [-0.25, -0.2) is 0 Å². The maximum Gasteiger partial charge on any atom is 0.261 e. The predicted octanol–water partition coefficient (Wildman–Crippen LogP) is 2.86. The van der Waals surface area contributed by atoms with E-state index in [4.69, 9.17) is 21.7 Å². The zero-order valence-corrected chi connectivity index (χ0v) is 19.9. The molecule has 0 spiro atoms. The summed E-state index contributed by atoms with van der Waals surface area (Å²) in [5.74, 6) is -0.0342. The third kappa shape index (κ3) is 4.85. The molecule has 1 N–H and O–H groups in total. The third-order valence-electron chi connectivity index (χ3n) is 5.58. The number of nitrogens with zero attached hydrogens (tertiary/aromatic N) is 3. The Labute approximate surface area is 203 Å². The van der Waals surface area contributed by atoms with E-state index in [1.165, 1.54) is 4.90 Å². The third-order valence-corrected chi connectivity index (χ3v) is 6.04. The van der Waals surface area contributed by atoms with Crippen molar-refractivity contribution in [1.82, 2.24) is 20.1 Å². The zero-order valence-electron chi connectivity index (χ0n) is 19.1. The molecule has 0 aliphatic carbocycles. The number of imide groups is 1. The maximum absolute atomic E-state index is 13.2. The van der Waals surface area contributed by atoms with E-state index in [0.29, 0.717) is 53.7 Å². The fourth-order valence-electron chi connectivity index (χ4n) is 3.90. The Morgan fingerprint density at radius 2 is 1.85 bits per heavy atom. The van der Waals surface area contributed by atoms with E-state index in [1.807, 2.05) is 36.2 Å². The molecule has 8 nitrogen and oxygen atoms in total. The van der Waals surface area contributed by atoms with Crippen molar-refractivity contribution in [2.75, 3.05) is 40.5 Å². The molecule has 0 unspecified atom stereocenters. The molecule has 0 atom stereocenters. The highest BCUT2D eigenvalue weighted by molar-refractivity contribution is 7.80. The van der Waals surface area contributed by atoms with Crippen molar-refractivity contribution in [2.45, 2.75) is 6.54 Å². The summed E-state index contributed by atoms with van der Waals surface area (Å²) in [5.41, 5.74) is 1.86. The van der Waals surface area contributed by atoms with Gasteiger partial charge in [-0.3, -0.25) is 19.5 Å². The average molecular weight is 479 g/mol. The molecular weight excluding hydrogens is 452 g/mol. The van der Waals surface area contributed by atoms with Gasteiger partial charge in [0.15, 0.2) is 5.11 Å². The zero-order chi connectivity index (χ0) is 24.1. The van der Waals surface area contributed by atoms with Crippen LogP contribution in [-0.2, 0) is 11.3 Å². The molecule has 2 heterocycles. The number of hydrogen-bond donors (Lipinski definition) is 1. The Morgan fingerprint density at radius 3 is 2.59 bits per heavy atom. The number of methoxy groups -OCH3 is 1. The van der Waals surface area contributed by atoms with Crippen LogP contribution >= 0.6 is 12.2 Å². The van der Waals surface area contributed by atoms with E-state index in [0.717, 1.165) is 11.1 Å². The lowest BCUT2D eigenvalue weighted by Crippen LogP contribution is -2.46. The van der Waals surface area contributed by atoms with Gasteiger partial charge in [0.05, 0.1) is 18.8 Å². The second-order valence-electron chi connectivity index (χ2n) is 7.85. The number of amides is 2. The van der Waals surface area contributed by atoms with Crippen LogP contribution in [-0.4, -0.2) is 72.2 Å². The van der Waals surface area contributed by atoms with Crippen molar-refractivity contribution in [3.8, 4) is 5.75 Å². The fourth-order valence-corrected chi connectivity index (χ4v) is 4.07. The van der Waals surface area contributed by atoms with Crippen molar-refractivity contribution >= 4 is 39.9 Å². The predicted molar refractivity (Wildman–Crippen MR) is 133 cm³/mol. The van der Waals surface area contributed by atoms with Crippen LogP contribution in [0.4, 0.5) is 0 Å². The van der Waals surface area contributed by atoms with E-state index in [2.05, 4.69) is 10.3 Å². The molecule has 1 aliphatic rings. The number of nitrogens with one attached hydrogen (secondary N) is 1. The lowest BCUT2D eigenvalue weighted by Gasteiger charge is -2.28. The molecule has 0 radical (unpaired) electrons. The number of thiocarbonyl (C=S) groups is 1. The second kappa shape index (κ2) is 10.6. The van der Waals surface area contributed by atoms with Gasteiger partial charge in [-0.05, 0) is 42.5 Å². The topological polar surface area (TPSA) is 84.0 Å². The van der Waals surface area contributed by atoms with E-state index in [1.54, 1.807) is 37.6 Å². The standard InChI is InChI=1S/C25H26N4O4S/c1-28(16-17-6-3-4-11-26-17)25(34)27-12-13-29-23(30)19-8-5-7-18-21(33-15-14-32-2)10-9-20(22(18)19)24(29)31/h3-11H,12-16H2,1-2H3,(H,27,34). The lowest BCUT2D eigenvalue weighted by atomic mass is 9.93. The first-order chi connectivity index (χ1) is 16.5. The van der Waals surface area contributed by atoms with Crippen LogP contribution in [0.1, 0.15) is 26.4 Å². The lowest BCUT2D eigenvalue weighted by molar-refractivity contribution is 0.0613. The summed E-state index contributed by atoms with van der Waals surface area (Å²) in [6, 6.07) is 14.6. The minimum atomic E-state index is -0.327. The first-order valence-electron chi connectivity index (χ1n) is 10.9. The van der Waals surface area contributed by atoms with E-state index in [9.17, 15) is 9.59 Å². The highest BCUT2D eigenvalue weighted by Crippen LogP contribution is 2.35. The van der Waals surface area contributed by atoms with Gasteiger partial charge in [-0.2, -0.15) is 0 Å². The highest BCUT2D eigenvalue weighted by Gasteiger charge is 2.33. The molecule has 4 rings (SSSR count). The van der Waals surface area contributed by atoms with Gasteiger partial charge in [-0.1, -0.05) is 18.2 Å². The van der Waals surface area contributed by atoms with Crippen molar-refractivity contribution < 1.29 is 19.1 Å². The van der Waals surface area contributed by atoms with Gasteiger partial charge in [-0.15, -0.1) is 0 Å². The Kier molecular flexibility index (Phi) is 7.34. The molecule has 0 saturated heterocycles. The Hall–Kier alpha value is -3.56. The van der Waals surface area contributed by atoms with Crippen LogP contribution in [0.3, 0.4) is 0 Å². The number of benzene rings is 2. The first kappa shape index (κ1) is 23.6. The van der Waals surface area contributed by atoms with Gasteiger partial charge in [0.2, 0.25) is 0 Å². The van der Waals surface area contributed by atoms with Crippen LogP contribution < -0.4 is 10.1 Å². The van der Waals surface area contributed by atoms with Gasteiger partial charge in [0.1, 0.15) is 12.4 Å². The number of pyridine rings is 1. The second-order valence-corrected chi connectivity index (χ2v) is 8.24. The number of rotatable bonds is 9. The van der Waals surface area contributed by atoms with Crippen LogP contribution in [0.5, 0.6) is 5.75 Å². The quantitative estimate of drug-likeness (QED) is 0.286. The molecular formula is C25H26N4O4S. The van der Waals surface area contributed by atoms with E-state index < -0.39 is 0 Å². The minimum absolute atomic E-state index is 0.192. The Bertz CT molecular complexity index is 1200. The molecule has 1 aliphatic heterocycles. The van der Waals surface area contributed by atoms with Gasteiger partial charge >= 0.3 is 0 Å². The van der Waals surface area contributed by atoms with Gasteiger partial charge in [0.25, 0.3) is 11.8 Å². The van der Waals surface area contributed by atoms with Crippen LogP contribution in [0.2, 0.25) is 0 Å². The number of aromatic nitrogens is 1. The molecule has 1 aromatic heterocycles. The first-order valence-corrected chi connectivity index (χ1v) is 11.3. The maximum atomic E-state index is 13.2. The SMILES string of the molecule is COCCOc1ccc2c3c(cccc13)C(=O)N(CCNC(=S)N(C)Cc1ccccn1)C2=O. The van der Waals surface area contributed by atoms with E-state index in [-0.39, 0.29) is 18.4 Å². The van der Waals surface area contributed by atoms with Crippen LogP contribution in [0, 0.1) is 0 Å². The molecule has 3 aromatic rings. The summed E-state index contributed by atoms with van der Waals surface area (Å²) in [5, 5.41) is 5.01. The number of hydrogen-bond acceptors (Lipinski definition) is 6. The fraction of sp³-hybridized carbons (Fsp3) is 0.280. The average Bonchev–Trinajstić information content (AvgIpc) is 2.85. The summed E-state index contributed by atoms with van der Waals surface area (Å²) in [6.07, 6.45) is 1.74. The van der Waals surface area contributed by atoms with Crippen molar-refractivity contribution in [3.63, 3.8) is 0 Å². The summed E-state index contributed by atoms with van der Waals surface area (Å²) in [7, 11) is 3.47. The molecule has 0 saturated carbocycles. The van der Waals surface area contributed by atoms with Crippen LogP contribution in [0.25, 0.3) is 10.8 Å². The minimum Gasteiger partial charge on any atom is -0.491 e. The molecule has 0 fully saturated rings. The summed E-state index contributed by atoms with van der Waals surface area (Å²) < 4.78 is 10.8. The molecule has 176 valence electrons. The number of carbonyl (C=O) groups excluding carboxylic acids is 2. The number of carbonyl (C=O) groups is 2. The van der Waals surface area contributed by atoms with Crippen LogP contribution in [0.15, 0.2) is 54.7 Å². The normalized spacial score (nSPS) is 12.7. The van der Waals surface area contributed by atoms with Crippen molar-refractivity contribution in [1.29, 1.82) is 0 Å². The molecule has 2 amide bonds. The molecule has 34 heavy (non-hydrogen) atoms.